The van der Waals surface area contributed by atoms with E-state index in [-0.39, 0.29) is 48.8 Å². The van der Waals surface area contributed by atoms with E-state index >= 15 is 0 Å². The summed E-state index contributed by atoms with van der Waals surface area (Å²) in [5.74, 6) is -1.77. The van der Waals surface area contributed by atoms with Crippen molar-refractivity contribution in [3.8, 4) is 17.6 Å². The molecule has 1 saturated carbocycles. The van der Waals surface area contributed by atoms with Crippen molar-refractivity contribution in [1.82, 2.24) is 0 Å². The largest absolute Gasteiger partial charge is 0.496 e. The molecule has 8 heteroatoms. The molecule has 34 heavy (non-hydrogen) atoms. The van der Waals surface area contributed by atoms with Crippen molar-refractivity contribution in [2.75, 3.05) is 13.7 Å². The van der Waals surface area contributed by atoms with Gasteiger partial charge < -0.3 is 18.9 Å². The van der Waals surface area contributed by atoms with E-state index < -0.39 is 17.2 Å². The van der Waals surface area contributed by atoms with E-state index in [0.717, 1.165) is 11.6 Å². The average Bonchev–Trinajstić information content (AvgIpc) is 2.85. The van der Waals surface area contributed by atoms with E-state index in [1.807, 2.05) is 30.3 Å². The average molecular weight is 470 g/mol. The molecule has 7 nitrogen and oxygen atoms in total. The molecule has 0 heterocycles. The van der Waals surface area contributed by atoms with Gasteiger partial charge in [0.05, 0.1) is 37.7 Å². The van der Waals surface area contributed by atoms with E-state index in [2.05, 4.69) is 6.07 Å². The molecule has 2 aromatic rings. The summed E-state index contributed by atoms with van der Waals surface area (Å²) < 4.78 is 36.3. The minimum Gasteiger partial charge on any atom is -0.496 e. The third kappa shape index (κ3) is 5.84. The number of carbonyl (C=O) groups excluding carboxylic acids is 2. The van der Waals surface area contributed by atoms with Gasteiger partial charge in [-0.3, -0.25) is 4.79 Å². The number of nitrogens with zero attached hydrogens (tertiary/aromatic N) is 1. The maximum Gasteiger partial charge on any atom is 0.342 e. The van der Waals surface area contributed by atoms with E-state index in [9.17, 15) is 19.2 Å². The molecule has 0 N–H and O–H groups in total. The minimum atomic E-state index is -0.866. The number of rotatable bonds is 9. The van der Waals surface area contributed by atoms with Crippen LogP contribution in [0.15, 0.2) is 42.5 Å². The Morgan fingerprint density at radius 3 is 2.44 bits per heavy atom. The summed E-state index contributed by atoms with van der Waals surface area (Å²) in [6, 6.07) is 13.7. The Morgan fingerprint density at radius 2 is 1.82 bits per heavy atom. The van der Waals surface area contributed by atoms with E-state index in [0.29, 0.717) is 25.7 Å². The Balaban J connectivity index is 1.71. The van der Waals surface area contributed by atoms with Crippen LogP contribution in [-0.4, -0.2) is 31.8 Å². The van der Waals surface area contributed by atoms with E-state index in [4.69, 9.17) is 18.9 Å². The lowest BCUT2D eigenvalue weighted by atomic mass is 9.71. The highest BCUT2D eigenvalue weighted by Gasteiger charge is 2.43. The Bertz CT molecular complexity index is 1040. The molecule has 2 aromatic carbocycles. The molecule has 0 atom stereocenters. The Morgan fingerprint density at radius 1 is 1.12 bits per heavy atom. The minimum absolute atomic E-state index is 0.0434. The highest BCUT2D eigenvalue weighted by atomic mass is 19.1. The smallest absolute Gasteiger partial charge is 0.342 e. The van der Waals surface area contributed by atoms with Crippen molar-refractivity contribution in [3.63, 3.8) is 0 Å². The standard InChI is InChI=1S/C26H28FNO6/c1-3-32-25(30)26(13-14-28)11-9-19(10-12-26)34-23-15-20(22(31-2)16-21(23)27)24(29)33-17-18-7-5-4-6-8-18/h4-8,15-16,19H,3,9-13,17H2,1-2H3/t19-,26+. The fourth-order valence-corrected chi connectivity index (χ4v) is 4.08. The summed E-state index contributed by atoms with van der Waals surface area (Å²) in [6.07, 6.45) is 1.37. The zero-order valence-electron chi connectivity index (χ0n) is 19.3. The van der Waals surface area contributed by atoms with Gasteiger partial charge >= 0.3 is 11.9 Å². The Kier molecular flexibility index (Phi) is 8.47. The third-order valence-electron chi connectivity index (χ3n) is 6.00. The summed E-state index contributed by atoms with van der Waals surface area (Å²) in [7, 11) is 1.34. The highest BCUT2D eigenvalue weighted by molar-refractivity contribution is 5.93. The fourth-order valence-electron chi connectivity index (χ4n) is 4.08. The molecule has 180 valence electrons. The zero-order valence-corrected chi connectivity index (χ0v) is 19.3. The number of methoxy groups -OCH3 is 1. The van der Waals surface area contributed by atoms with Gasteiger partial charge in [0.15, 0.2) is 11.6 Å². The van der Waals surface area contributed by atoms with Crippen LogP contribution in [0.3, 0.4) is 0 Å². The van der Waals surface area contributed by atoms with Crippen LogP contribution in [0.25, 0.3) is 0 Å². The van der Waals surface area contributed by atoms with Gasteiger partial charge in [-0.2, -0.15) is 5.26 Å². The number of nitriles is 1. The van der Waals surface area contributed by atoms with Gasteiger partial charge in [0.25, 0.3) is 0 Å². The van der Waals surface area contributed by atoms with Gasteiger partial charge in [-0.15, -0.1) is 0 Å². The van der Waals surface area contributed by atoms with E-state index in [1.54, 1.807) is 6.92 Å². The molecule has 0 spiro atoms. The molecular weight excluding hydrogens is 441 g/mol. The van der Waals surface area contributed by atoms with Crippen LogP contribution in [0.2, 0.25) is 0 Å². The predicted octanol–water partition coefficient (Wildman–Crippen LogP) is 4.98. The lowest BCUT2D eigenvalue weighted by Gasteiger charge is -2.36. The number of carbonyl (C=O) groups is 2. The topological polar surface area (TPSA) is 94.9 Å². The number of hydrogen-bond acceptors (Lipinski definition) is 7. The molecule has 0 bridgehead atoms. The molecule has 1 fully saturated rings. The van der Waals surface area contributed by atoms with Crippen LogP contribution in [-0.2, 0) is 20.9 Å². The molecule has 0 radical (unpaired) electrons. The second-order valence-corrected chi connectivity index (χ2v) is 8.20. The third-order valence-corrected chi connectivity index (χ3v) is 6.00. The van der Waals surface area contributed by atoms with Crippen LogP contribution in [0, 0.1) is 22.6 Å². The van der Waals surface area contributed by atoms with Gasteiger partial charge in [-0.05, 0) is 38.2 Å². The fraction of sp³-hybridized carbons (Fsp3) is 0.423. The van der Waals surface area contributed by atoms with Crippen molar-refractivity contribution in [3.05, 3.63) is 59.4 Å². The molecule has 0 amide bonds. The van der Waals surface area contributed by atoms with Crippen LogP contribution in [0.5, 0.6) is 11.5 Å². The quantitative estimate of drug-likeness (QED) is 0.478. The van der Waals surface area contributed by atoms with Crippen molar-refractivity contribution < 1.29 is 32.9 Å². The molecule has 0 aromatic heterocycles. The van der Waals surface area contributed by atoms with Crippen LogP contribution >= 0.6 is 0 Å². The van der Waals surface area contributed by atoms with Crippen LogP contribution < -0.4 is 9.47 Å². The van der Waals surface area contributed by atoms with Crippen LogP contribution in [0.1, 0.15) is 54.9 Å². The molecule has 0 unspecified atom stereocenters. The molecule has 1 aliphatic carbocycles. The van der Waals surface area contributed by atoms with Crippen molar-refractivity contribution in [1.29, 1.82) is 5.26 Å². The first kappa shape index (κ1) is 25.0. The Labute approximate surface area is 198 Å². The van der Waals surface area contributed by atoms with E-state index in [1.165, 1.54) is 13.2 Å². The van der Waals surface area contributed by atoms with Gasteiger partial charge in [0.2, 0.25) is 0 Å². The van der Waals surface area contributed by atoms with Gasteiger partial charge in [0.1, 0.15) is 17.9 Å². The summed E-state index contributed by atoms with van der Waals surface area (Å²) >= 11 is 0. The van der Waals surface area contributed by atoms with Crippen molar-refractivity contribution in [2.24, 2.45) is 5.41 Å². The predicted molar refractivity (Wildman–Crippen MR) is 121 cm³/mol. The van der Waals surface area contributed by atoms with Gasteiger partial charge in [0, 0.05) is 12.1 Å². The second-order valence-electron chi connectivity index (χ2n) is 8.20. The lowest BCUT2D eigenvalue weighted by Crippen LogP contribution is -2.39. The molecule has 1 aliphatic rings. The number of hydrogen-bond donors (Lipinski definition) is 0. The zero-order chi connectivity index (χ0) is 24.6. The SMILES string of the molecule is CCOC(=O)[C@]1(CC#N)CC[C@H](Oc2cc(C(=O)OCc3ccccc3)c(OC)cc2F)CC1. The number of ether oxygens (including phenoxy) is 4. The summed E-state index contributed by atoms with van der Waals surface area (Å²) in [5, 5.41) is 9.19. The van der Waals surface area contributed by atoms with Crippen molar-refractivity contribution >= 4 is 11.9 Å². The van der Waals surface area contributed by atoms with Gasteiger partial charge in [-0.1, -0.05) is 30.3 Å². The maximum absolute atomic E-state index is 14.7. The number of benzene rings is 2. The number of esters is 2. The monoisotopic (exact) mass is 469 g/mol. The summed E-state index contributed by atoms with van der Waals surface area (Å²) in [6.45, 7) is 2.03. The first-order chi connectivity index (χ1) is 16.4. The first-order valence-corrected chi connectivity index (χ1v) is 11.2. The first-order valence-electron chi connectivity index (χ1n) is 11.2. The normalized spacial score (nSPS) is 19.5. The molecular formula is C26H28FNO6. The number of halogens is 1. The molecule has 0 aliphatic heterocycles. The van der Waals surface area contributed by atoms with Crippen molar-refractivity contribution in [2.45, 2.75) is 51.7 Å². The highest BCUT2D eigenvalue weighted by Crippen LogP contribution is 2.42. The molecule has 3 rings (SSSR count). The Hall–Kier alpha value is -3.60. The summed E-state index contributed by atoms with van der Waals surface area (Å²) in [5.41, 5.74) is 0.00389. The molecule has 0 saturated heterocycles. The maximum atomic E-state index is 14.7. The van der Waals surface area contributed by atoms with Crippen LogP contribution in [0.4, 0.5) is 4.39 Å². The lowest BCUT2D eigenvalue weighted by molar-refractivity contribution is -0.158. The summed E-state index contributed by atoms with van der Waals surface area (Å²) in [4.78, 5) is 25.1. The van der Waals surface area contributed by atoms with Gasteiger partial charge in [-0.25, -0.2) is 9.18 Å². The second kappa shape index (κ2) is 11.5.